The maximum Gasteiger partial charge on any atom is 0.123 e. The summed E-state index contributed by atoms with van der Waals surface area (Å²) in [5.74, 6) is -0.528. The van der Waals surface area contributed by atoms with Crippen LogP contribution in [0.15, 0.2) is 54.6 Å². The standard InChI is InChI=1S/C17H17F2N/c1-20(2)12-11-17(13-3-7-15(18)8-4-13)14-5-9-16(19)10-6-14/h3-11H,12H2,1-2H3. The first-order valence-corrected chi connectivity index (χ1v) is 6.43. The van der Waals surface area contributed by atoms with Gasteiger partial charge in [-0.3, -0.25) is 0 Å². The number of halogens is 2. The highest BCUT2D eigenvalue weighted by molar-refractivity contribution is 5.79. The van der Waals surface area contributed by atoms with Crippen LogP contribution in [0, 0.1) is 11.6 Å². The number of rotatable bonds is 4. The van der Waals surface area contributed by atoms with Gasteiger partial charge in [0.25, 0.3) is 0 Å². The summed E-state index contributed by atoms with van der Waals surface area (Å²) in [7, 11) is 3.95. The molecule has 0 spiro atoms. The van der Waals surface area contributed by atoms with E-state index < -0.39 is 0 Å². The smallest absolute Gasteiger partial charge is 0.123 e. The Hall–Kier alpha value is -2.00. The van der Waals surface area contributed by atoms with Crippen LogP contribution in [0.3, 0.4) is 0 Å². The van der Waals surface area contributed by atoms with Crippen LogP contribution in [0.25, 0.3) is 5.57 Å². The summed E-state index contributed by atoms with van der Waals surface area (Å²) in [5.41, 5.74) is 2.80. The summed E-state index contributed by atoms with van der Waals surface area (Å²) in [6.45, 7) is 0.754. The van der Waals surface area contributed by atoms with Crippen molar-refractivity contribution in [3.05, 3.63) is 77.4 Å². The molecule has 0 saturated carbocycles. The lowest BCUT2D eigenvalue weighted by molar-refractivity contribution is 0.457. The molecule has 20 heavy (non-hydrogen) atoms. The molecular formula is C17H17F2N. The molecule has 0 aliphatic heterocycles. The quantitative estimate of drug-likeness (QED) is 0.815. The van der Waals surface area contributed by atoms with E-state index in [4.69, 9.17) is 0 Å². The normalized spacial score (nSPS) is 10.7. The Balaban J connectivity index is 2.41. The largest absolute Gasteiger partial charge is 0.306 e. The van der Waals surface area contributed by atoms with E-state index in [1.165, 1.54) is 24.3 Å². The molecule has 2 aromatic carbocycles. The van der Waals surface area contributed by atoms with Crippen LogP contribution in [-0.4, -0.2) is 25.5 Å². The summed E-state index contributed by atoms with van der Waals surface area (Å²) in [6.07, 6.45) is 2.06. The van der Waals surface area contributed by atoms with E-state index in [0.717, 1.165) is 23.2 Å². The predicted octanol–water partition coefficient (Wildman–Crippen LogP) is 3.96. The zero-order valence-corrected chi connectivity index (χ0v) is 11.6. The molecule has 0 aliphatic carbocycles. The molecule has 0 aliphatic rings. The molecule has 0 aromatic heterocycles. The molecule has 0 bridgehead atoms. The summed E-state index contributed by atoms with van der Waals surface area (Å²) in [5, 5.41) is 0. The Morgan fingerprint density at radius 3 is 1.60 bits per heavy atom. The van der Waals surface area contributed by atoms with Gasteiger partial charge in [-0.1, -0.05) is 30.3 Å². The number of benzene rings is 2. The van der Waals surface area contributed by atoms with Crippen LogP contribution in [0.5, 0.6) is 0 Å². The SMILES string of the molecule is CN(C)CC=C(c1ccc(F)cc1)c1ccc(F)cc1. The molecule has 3 heteroatoms. The fourth-order valence-corrected chi connectivity index (χ4v) is 1.94. The summed E-state index contributed by atoms with van der Waals surface area (Å²) in [4.78, 5) is 2.03. The molecule has 1 nitrogen and oxygen atoms in total. The number of likely N-dealkylation sites (N-methyl/N-ethyl adjacent to an activating group) is 1. The van der Waals surface area contributed by atoms with Crippen molar-refractivity contribution in [3.63, 3.8) is 0 Å². The van der Waals surface area contributed by atoms with Crippen LogP contribution >= 0.6 is 0 Å². The van der Waals surface area contributed by atoms with Crippen LogP contribution < -0.4 is 0 Å². The van der Waals surface area contributed by atoms with E-state index in [9.17, 15) is 8.78 Å². The van der Waals surface area contributed by atoms with Crippen molar-refractivity contribution in [3.8, 4) is 0 Å². The van der Waals surface area contributed by atoms with E-state index in [0.29, 0.717) is 0 Å². The maximum absolute atomic E-state index is 13.0. The van der Waals surface area contributed by atoms with E-state index in [1.807, 2.05) is 19.0 Å². The zero-order chi connectivity index (χ0) is 14.5. The summed E-state index contributed by atoms with van der Waals surface area (Å²) < 4.78 is 26.1. The topological polar surface area (TPSA) is 3.24 Å². The second-order valence-electron chi connectivity index (χ2n) is 4.89. The Kier molecular flexibility index (Phi) is 4.64. The van der Waals surface area contributed by atoms with Crippen LogP contribution in [0.4, 0.5) is 8.78 Å². The molecule has 0 atom stereocenters. The van der Waals surface area contributed by atoms with Gasteiger partial charge in [0.05, 0.1) is 0 Å². The second kappa shape index (κ2) is 6.44. The Morgan fingerprint density at radius 2 is 1.25 bits per heavy atom. The maximum atomic E-state index is 13.0. The number of hydrogen-bond donors (Lipinski definition) is 0. The summed E-state index contributed by atoms with van der Waals surface area (Å²) in [6, 6.07) is 12.7. The second-order valence-corrected chi connectivity index (χ2v) is 4.89. The third-order valence-electron chi connectivity index (χ3n) is 2.97. The molecule has 2 aromatic rings. The van der Waals surface area contributed by atoms with Gasteiger partial charge in [-0.05, 0) is 55.1 Å². The lowest BCUT2D eigenvalue weighted by Crippen LogP contribution is -2.11. The number of hydrogen-bond acceptors (Lipinski definition) is 1. The molecule has 0 heterocycles. The van der Waals surface area contributed by atoms with Gasteiger partial charge in [0.15, 0.2) is 0 Å². The van der Waals surface area contributed by atoms with Crippen molar-refractivity contribution in [2.45, 2.75) is 0 Å². The van der Waals surface area contributed by atoms with E-state index in [2.05, 4.69) is 6.08 Å². The molecule has 104 valence electrons. The molecule has 2 rings (SSSR count). The average molecular weight is 273 g/mol. The van der Waals surface area contributed by atoms with Gasteiger partial charge in [-0.2, -0.15) is 0 Å². The van der Waals surface area contributed by atoms with Crippen molar-refractivity contribution >= 4 is 5.57 Å². The zero-order valence-electron chi connectivity index (χ0n) is 11.6. The van der Waals surface area contributed by atoms with Crippen molar-refractivity contribution in [1.29, 1.82) is 0 Å². The van der Waals surface area contributed by atoms with Gasteiger partial charge in [0.2, 0.25) is 0 Å². The highest BCUT2D eigenvalue weighted by Gasteiger charge is 2.06. The minimum Gasteiger partial charge on any atom is -0.306 e. The van der Waals surface area contributed by atoms with Gasteiger partial charge >= 0.3 is 0 Å². The Bertz CT molecular complexity index is 536. The Labute approximate surface area is 118 Å². The lowest BCUT2D eigenvalue weighted by Gasteiger charge is -2.11. The van der Waals surface area contributed by atoms with Crippen LogP contribution in [0.1, 0.15) is 11.1 Å². The molecule has 0 N–H and O–H groups in total. The van der Waals surface area contributed by atoms with Crippen LogP contribution in [-0.2, 0) is 0 Å². The number of nitrogens with zero attached hydrogens (tertiary/aromatic N) is 1. The van der Waals surface area contributed by atoms with Crippen molar-refractivity contribution < 1.29 is 8.78 Å². The van der Waals surface area contributed by atoms with Gasteiger partial charge < -0.3 is 4.90 Å². The summed E-state index contributed by atoms with van der Waals surface area (Å²) >= 11 is 0. The highest BCUT2D eigenvalue weighted by atomic mass is 19.1. The van der Waals surface area contributed by atoms with Gasteiger partial charge in [-0.15, -0.1) is 0 Å². The molecule has 0 radical (unpaired) electrons. The minimum atomic E-state index is -0.264. The first-order chi connectivity index (χ1) is 9.56. The average Bonchev–Trinajstić information content (AvgIpc) is 2.42. The lowest BCUT2D eigenvalue weighted by atomic mass is 9.97. The minimum absolute atomic E-state index is 0.264. The molecule has 0 unspecified atom stereocenters. The fraction of sp³-hybridized carbons (Fsp3) is 0.176. The highest BCUT2D eigenvalue weighted by Crippen LogP contribution is 2.24. The first kappa shape index (κ1) is 14.4. The van der Waals surface area contributed by atoms with Gasteiger partial charge in [0, 0.05) is 6.54 Å². The van der Waals surface area contributed by atoms with Crippen molar-refractivity contribution in [2.24, 2.45) is 0 Å². The van der Waals surface area contributed by atoms with Gasteiger partial charge in [-0.25, -0.2) is 8.78 Å². The van der Waals surface area contributed by atoms with Crippen LogP contribution in [0.2, 0.25) is 0 Å². The molecular weight excluding hydrogens is 256 g/mol. The van der Waals surface area contributed by atoms with Crippen molar-refractivity contribution in [2.75, 3.05) is 20.6 Å². The van der Waals surface area contributed by atoms with Crippen molar-refractivity contribution in [1.82, 2.24) is 4.90 Å². The predicted molar refractivity (Wildman–Crippen MR) is 78.4 cm³/mol. The molecule has 0 saturated heterocycles. The van der Waals surface area contributed by atoms with E-state index >= 15 is 0 Å². The third kappa shape index (κ3) is 3.75. The van der Waals surface area contributed by atoms with Gasteiger partial charge in [0.1, 0.15) is 11.6 Å². The fourth-order valence-electron chi connectivity index (χ4n) is 1.94. The third-order valence-corrected chi connectivity index (χ3v) is 2.97. The van der Waals surface area contributed by atoms with E-state index in [-0.39, 0.29) is 11.6 Å². The first-order valence-electron chi connectivity index (χ1n) is 6.43. The monoisotopic (exact) mass is 273 g/mol. The molecule has 0 amide bonds. The van der Waals surface area contributed by atoms with E-state index in [1.54, 1.807) is 24.3 Å². The Morgan fingerprint density at radius 1 is 0.850 bits per heavy atom. The molecule has 0 fully saturated rings.